The highest BCUT2D eigenvalue weighted by atomic mass is 32.1. The van der Waals surface area contributed by atoms with Gasteiger partial charge in [0.2, 0.25) is 0 Å². The van der Waals surface area contributed by atoms with Crippen molar-refractivity contribution in [2.75, 3.05) is 6.61 Å². The lowest BCUT2D eigenvalue weighted by atomic mass is 10.2. The topological polar surface area (TPSA) is 45.9 Å². The van der Waals surface area contributed by atoms with Gasteiger partial charge in [0.15, 0.2) is 11.6 Å². The fourth-order valence-electron chi connectivity index (χ4n) is 2.21. The Hall–Kier alpha value is -1.93. The van der Waals surface area contributed by atoms with Crippen molar-refractivity contribution < 1.29 is 9.13 Å². The van der Waals surface area contributed by atoms with Gasteiger partial charge < -0.3 is 4.74 Å². The maximum Gasteiger partial charge on any atom is 0.165 e. The van der Waals surface area contributed by atoms with Gasteiger partial charge >= 0.3 is 0 Å². The predicted octanol–water partition coefficient (Wildman–Crippen LogP) is 3.85. The number of nitrogens with zero attached hydrogens (tertiary/aromatic N) is 2. The summed E-state index contributed by atoms with van der Waals surface area (Å²) < 4.78 is 18.9. The molecule has 1 saturated carbocycles. The molecule has 3 nitrogen and oxygen atoms in total. The van der Waals surface area contributed by atoms with Crippen molar-refractivity contribution >= 4 is 11.3 Å². The molecular formula is C16H15FN2OS. The molecule has 0 spiro atoms. The zero-order valence-electron chi connectivity index (χ0n) is 11.5. The van der Waals surface area contributed by atoms with Crippen LogP contribution in [-0.2, 0) is 12.8 Å². The molecule has 1 aromatic carbocycles. The summed E-state index contributed by atoms with van der Waals surface area (Å²) in [4.78, 5) is 5.72. The molecule has 0 saturated heterocycles. The minimum atomic E-state index is -0.347. The van der Waals surface area contributed by atoms with Gasteiger partial charge in [-0.3, -0.25) is 0 Å². The Labute approximate surface area is 127 Å². The van der Waals surface area contributed by atoms with E-state index in [4.69, 9.17) is 10.00 Å². The van der Waals surface area contributed by atoms with E-state index in [0.29, 0.717) is 25.4 Å². The smallest absolute Gasteiger partial charge is 0.165 e. The maximum atomic E-state index is 13.4. The van der Waals surface area contributed by atoms with Crippen LogP contribution in [0.1, 0.15) is 34.3 Å². The zero-order chi connectivity index (χ0) is 14.7. The fraction of sp³-hybridized carbons (Fsp3) is 0.375. The average molecular weight is 302 g/mol. The van der Waals surface area contributed by atoms with Gasteiger partial charge in [-0.2, -0.15) is 5.26 Å². The normalized spacial score (nSPS) is 13.9. The Morgan fingerprint density at radius 2 is 2.19 bits per heavy atom. The predicted molar refractivity (Wildman–Crippen MR) is 79.0 cm³/mol. The minimum absolute atomic E-state index is 0.272. The maximum absolute atomic E-state index is 13.4. The first-order valence-electron chi connectivity index (χ1n) is 7.00. The number of halogens is 1. The minimum Gasteiger partial charge on any atom is -0.490 e. The Morgan fingerprint density at radius 3 is 2.90 bits per heavy atom. The number of ether oxygens (including phenoxy) is 1. The third-order valence-corrected chi connectivity index (χ3v) is 4.52. The van der Waals surface area contributed by atoms with Gasteiger partial charge in [-0.25, -0.2) is 9.37 Å². The van der Waals surface area contributed by atoms with Gasteiger partial charge in [-0.1, -0.05) is 12.1 Å². The van der Waals surface area contributed by atoms with Gasteiger partial charge in [-0.15, -0.1) is 11.3 Å². The van der Waals surface area contributed by atoms with Crippen molar-refractivity contribution in [2.24, 2.45) is 0 Å². The lowest BCUT2D eigenvalue weighted by Crippen LogP contribution is -2.02. The molecule has 0 unspecified atom stereocenters. The summed E-state index contributed by atoms with van der Waals surface area (Å²) in [6.07, 6.45) is 3.42. The van der Waals surface area contributed by atoms with E-state index in [-0.39, 0.29) is 11.6 Å². The summed E-state index contributed by atoms with van der Waals surface area (Å²) in [6.45, 7) is 0.393. The second kappa shape index (κ2) is 6.23. The quantitative estimate of drug-likeness (QED) is 0.814. The first-order valence-corrected chi connectivity index (χ1v) is 7.82. The molecule has 0 radical (unpaired) electrons. The Bertz CT molecular complexity index is 673. The highest BCUT2D eigenvalue weighted by Crippen LogP contribution is 2.42. The molecule has 1 heterocycles. The van der Waals surface area contributed by atoms with Gasteiger partial charge in [0, 0.05) is 17.2 Å². The van der Waals surface area contributed by atoms with E-state index in [1.54, 1.807) is 29.5 Å². The molecule has 5 heteroatoms. The molecule has 1 fully saturated rings. The molecule has 0 amide bonds. The Kier molecular flexibility index (Phi) is 4.16. The van der Waals surface area contributed by atoms with Crippen LogP contribution >= 0.6 is 11.3 Å². The third kappa shape index (κ3) is 3.40. The van der Waals surface area contributed by atoms with Gasteiger partial charge in [0.05, 0.1) is 29.8 Å². The van der Waals surface area contributed by atoms with Crippen LogP contribution in [0.2, 0.25) is 0 Å². The van der Waals surface area contributed by atoms with Crippen molar-refractivity contribution in [2.45, 2.75) is 31.6 Å². The molecule has 3 rings (SSSR count). The number of para-hydroxylation sites is 1. The third-order valence-electron chi connectivity index (χ3n) is 3.39. The van der Waals surface area contributed by atoms with Crippen molar-refractivity contribution in [1.29, 1.82) is 5.26 Å². The number of hydrogen-bond donors (Lipinski definition) is 0. The van der Waals surface area contributed by atoms with E-state index in [2.05, 4.69) is 11.1 Å². The average Bonchev–Trinajstić information content (AvgIpc) is 3.24. The van der Waals surface area contributed by atoms with E-state index in [9.17, 15) is 4.39 Å². The molecule has 1 aliphatic carbocycles. The van der Waals surface area contributed by atoms with E-state index in [1.165, 1.54) is 18.9 Å². The lowest BCUT2D eigenvalue weighted by molar-refractivity contribution is 0.305. The van der Waals surface area contributed by atoms with Crippen LogP contribution in [0.5, 0.6) is 5.75 Å². The first-order chi connectivity index (χ1) is 10.3. The zero-order valence-corrected chi connectivity index (χ0v) is 12.3. The second-order valence-electron chi connectivity index (χ2n) is 5.05. The lowest BCUT2D eigenvalue weighted by Gasteiger charge is -2.05. The first kappa shape index (κ1) is 14.0. The highest BCUT2D eigenvalue weighted by molar-refractivity contribution is 7.11. The van der Waals surface area contributed by atoms with E-state index in [0.717, 1.165) is 15.6 Å². The summed E-state index contributed by atoms with van der Waals surface area (Å²) in [5.74, 6) is 0.472. The molecule has 2 aromatic rings. The molecule has 21 heavy (non-hydrogen) atoms. The molecule has 0 bridgehead atoms. The van der Waals surface area contributed by atoms with Crippen molar-refractivity contribution in [3.63, 3.8) is 0 Å². The van der Waals surface area contributed by atoms with Crippen LogP contribution < -0.4 is 4.74 Å². The second-order valence-corrected chi connectivity index (χ2v) is 6.22. The molecule has 0 atom stereocenters. The van der Waals surface area contributed by atoms with Crippen LogP contribution in [0, 0.1) is 17.1 Å². The van der Waals surface area contributed by atoms with Gasteiger partial charge in [-0.05, 0) is 25.0 Å². The van der Waals surface area contributed by atoms with Crippen LogP contribution in [0.4, 0.5) is 4.39 Å². The van der Waals surface area contributed by atoms with Crippen LogP contribution in [0.15, 0.2) is 24.3 Å². The van der Waals surface area contributed by atoms with E-state index >= 15 is 0 Å². The molecule has 1 aromatic heterocycles. The fourth-order valence-corrected chi connectivity index (χ4v) is 3.27. The van der Waals surface area contributed by atoms with E-state index in [1.807, 2.05) is 0 Å². The van der Waals surface area contributed by atoms with Crippen LogP contribution in [0.3, 0.4) is 0 Å². The number of hydrogen-bond acceptors (Lipinski definition) is 4. The summed E-state index contributed by atoms with van der Waals surface area (Å²) >= 11 is 1.58. The van der Waals surface area contributed by atoms with Crippen molar-refractivity contribution in [1.82, 2.24) is 4.98 Å². The number of aromatic nitrogens is 1. The Morgan fingerprint density at radius 1 is 1.38 bits per heavy atom. The molecule has 108 valence electrons. The molecular weight excluding hydrogens is 287 g/mol. The summed E-state index contributed by atoms with van der Waals surface area (Å²) in [5, 5.41) is 9.84. The summed E-state index contributed by atoms with van der Waals surface area (Å²) in [6, 6.07) is 8.59. The highest BCUT2D eigenvalue weighted by Gasteiger charge is 2.29. The molecule has 1 aliphatic rings. The Balaban J connectivity index is 1.62. The number of nitriles is 1. The van der Waals surface area contributed by atoms with Gasteiger partial charge in [0.25, 0.3) is 0 Å². The van der Waals surface area contributed by atoms with Crippen LogP contribution in [0.25, 0.3) is 0 Å². The summed E-state index contributed by atoms with van der Waals surface area (Å²) in [5.41, 5.74) is 1.10. The van der Waals surface area contributed by atoms with Gasteiger partial charge in [0.1, 0.15) is 0 Å². The number of thiazole rings is 1. The van der Waals surface area contributed by atoms with E-state index < -0.39 is 0 Å². The largest absolute Gasteiger partial charge is 0.490 e. The summed E-state index contributed by atoms with van der Waals surface area (Å²) in [7, 11) is 0. The van der Waals surface area contributed by atoms with Crippen molar-refractivity contribution in [3.05, 3.63) is 45.7 Å². The SMILES string of the molecule is N#CCc1sc(CCOc2ccccc2F)nc1C1CC1. The number of rotatable bonds is 6. The molecule has 0 aliphatic heterocycles. The molecule has 0 N–H and O–H groups in total. The van der Waals surface area contributed by atoms with Crippen molar-refractivity contribution in [3.8, 4) is 11.8 Å². The number of benzene rings is 1. The van der Waals surface area contributed by atoms with Crippen LogP contribution in [-0.4, -0.2) is 11.6 Å². The monoisotopic (exact) mass is 302 g/mol. The standard InChI is InChI=1S/C16H15FN2OS/c17-12-3-1-2-4-13(12)20-10-8-15-19-16(11-5-6-11)14(21-15)7-9-18/h1-4,11H,5-8,10H2.